The first kappa shape index (κ1) is 17.1. The van der Waals surface area contributed by atoms with Crippen molar-refractivity contribution in [1.82, 2.24) is 9.78 Å². The molecule has 0 bridgehead atoms. The maximum atomic E-state index is 12.5. The third-order valence-corrected chi connectivity index (χ3v) is 5.28. The number of rotatable bonds is 5. The molecule has 2 aromatic rings. The Bertz CT molecular complexity index is 730. The van der Waals surface area contributed by atoms with Crippen LogP contribution < -0.4 is 11.1 Å². The first-order valence-electron chi connectivity index (χ1n) is 7.82. The van der Waals surface area contributed by atoms with Gasteiger partial charge in [-0.2, -0.15) is 5.10 Å². The molecule has 0 aliphatic heterocycles. The Morgan fingerprint density at radius 1 is 1.46 bits per heavy atom. The zero-order valence-corrected chi connectivity index (χ0v) is 15.3. The highest BCUT2D eigenvalue weighted by Gasteiger charge is 2.47. The lowest BCUT2D eigenvalue weighted by molar-refractivity contribution is -0.140. The van der Waals surface area contributed by atoms with Crippen LogP contribution in [0.15, 0.2) is 34.9 Å². The Labute approximate surface area is 149 Å². The van der Waals surface area contributed by atoms with Gasteiger partial charge in [0.05, 0.1) is 11.8 Å². The van der Waals surface area contributed by atoms with E-state index in [-0.39, 0.29) is 17.4 Å². The molecule has 1 aliphatic carbocycles. The second-order valence-electron chi connectivity index (χ2n) is 6.22. The van der Waals surface area contributed by atoms with Gasteiger partial charge >= 0.3 is 0 Å². The number of anilines is 1. The minimum atomic E-state index is -0.344. The highest BCUT2D eigenvalue weighted by molar-refractivity contribution is 9.10. The van der Waals surface area contributed by atoms with E-state index in [1.807, 2.05) is 31.3 Å². The number of hydrogen-bond acceptors (Lipinski definition) is 4. The molecule has 7 heteroatoms. The minimum absolute atomic E-state index is 0.0157. The Balaban J connectivity index is 1.75. The Morgan fingerprint density at radius 3 is 2.71 bits per heavy atom. The lowest BCUT2D eigenvalue weighted by Crippen LogP contribution is -2.54. The van der Waals surface area contributed by atoms with Crippen molar-refractivity contribution in [3.8, 4) is 11.1 Å². The van der Waals surface area contributed by atoms with Gasteiger partial charge in [-0.05, 0) is 30.5 Å². The predicted octanol–water partition coefficient (Wildman–Crippen LogP) is 2.54. The van der Waals surface area contributed by atoms with Gasteiger partial charge < -0.3 is 15.8 Å². The molecule has 1 heterocycles. The monoisotopic (exact) mass is 392 g/mol. The number of amides is 1. The number of aromatic nitrogens is 2. The zero-order chi connectivity index (χ0) is 17.3. The number of benzene rings is 1. The van der Waals surface area contributed by atoms with Gasteiger partial charge in [-0.3, -0.25) is 9.48 Å². The number of aryl methyl sites for hydroxylation is 1. The maximum absolute atomic E-state index is 12.5. The maximum Gasteiger partial charge on any atom is 0.228 e. The Kier molecular flexibility index (Phi) is 4.76. The summed E-state index contributed by atoms with van der Waals surface area (Å²) in [7, 11) is 3.46. The number of carbonyl (C=O) groups excluding carboxylic acids is 1. The molecule has 1 aromatic carbocycles. The minimum Gasteiger partial charge on any atom is -0.377 e. The van der Waals surface area contributed by atoms with Crippen molar-refractivity contribution < 1.29 is 9.53 Å². The van der Waals surface area contributed by atoms with Crippen molar-refractivity contribution in [1.29, 1.82) is 0 Å². The molecule has 3 rings (SSSR count). The molecule has 24 heavy (non-hydrogen) atoms. The summed E-state index contributed by atoms with van der Waals surface area (Å²) >= 11 is 3.43. The average molecular weight is 393 g/mol. The third-order valence-electron chi connectivity index (χ3n) is 4.75. The number of ether oxygens (including phenoxy) is 1. The van der Waals surface area contributed by atoms with E-state index < -0.39 is 0 Å². The number of nitrogens with zero attached hydrogens (tertiary/aromatic N) is 2. The van der Waals surface area contributed by atoms with Crippen LogP contribution in [0.1, 0.15) is 12.8 Å². The normalized spacial score (nSPS) is 22.9. The van der Waals surface area contributed by atoms with Gasteiger partial charge in [0, 0.05) is 36.7 Å². The summed E-state index contributed by atoms with van der Waals surface area (Å²) in [5.74, 6) is 0.601. The van der Waals surface area contributed by atoms with E-state index in [1.165, 1.54) is 0 Å². The van der Waals surface area contributed by atoms with E-state index >= 15 is 0 Å². The van der Waals surface area contributed by atoms with E-state index in [0.29, 0.717) is 25.2 Å². The molecule has 1 aromatic heterocycles. The van der Waals surface area contributed by atoms with Crippen LogP contribution in [-0.4, -0.2) is 34.9 Å². The van der Waals surface area contributed by atoms with Crippen LogP contribution in [-0.2, 0) is 16.6 Å². The standard InChI is InChI=1S/C17H21BrN4O2/c1-22-15(14(9-20-22)11-3-5-13(18)6-4-11)21-16(23)12-7-17(8-12,10-19)24-2/h3-6,9,12H,7-8,10,19H2,1-2H3,(H,21,23). The SMILES string of the molecule is COC1(CN)CC(C(=O)Nc2c(-c3ccc(Br)cc3)cnn2C)C1. The highest BCUT2D eigenvalue weighted by atomic mass is 79.9. The Hall–Kier alpha value is -1.70. The van der Waals surface area contributed by atoms with Gasteiger partial charge in [0.2, 0.25) is 5.91 Å². The summed E-state index contributed by atoms with van der Waals surface area (Å²) in [4.78, 5) is 12.5. The number of methoxy groups -OCH3 is 1. The van der Waals surface area contributed by atoms with Gasteiger partial charge in [-0.1, -0.05) is 28.1 Å². The fourth-order valence-corrected chi connectivity index (χ4v) is 3.35. The first-order chi connectivity index (χ1) is 11.5. The van der Waals surface area contributed by atoms with Gasteiger partial charge in [0.15, 0.2) is 0 Å². The summed E-state index contributed by atoms with van der Waals surface area (Å²) in [6, 6.07) is 7.91. The lowest BCUT2D eigenvalue weighted by Gasteiger charge is -2.44. The van der Waals surface area contributed by atoms with Crippen molar-refractivity contribution >= 4 is 27.7 Å². The molecule has 0 radical (unpaired) electrons. The molecule has 0 atom stereocenters. The van der Waals surface area contributed by atoms with E-state index in [9.17, 15) is 4.79 Å². The van der Waals surface area contributed by atoms with Crippen LogP contribution in [0.3, 0.4) is 0 Å². The molecule has 1 fully saturated rings. The second-order valence-corrected chi connectivity index (χ2v) is 7.14. The third kappa shape index (κ3) is 3.11. The topological polar surface area (TPSA) is 82.2 Å². The molecular formula is C17H21BrN4O2. The quantitative estimate of drug-likeness (QED) is 0.818. The molecule has 0 spiro atoms. The molecular weight excluding hydrogens is 372 g/mol. The van der Waals surface area contributed by atoms with E-state index in [0.717, 1.165) is 15.6 Å². The largest absolute Gasteiger partial charge is 0.377 e. The van der Waals surface area contributed by atoms with Gasteiger partial charge in [-0.15, -0.1) is 0 Å². The molecule has 0 saturated heterocycles. The summed E-state index contributed by atoms with van der Waals surface area (Å²) in [6.07, 6.45) is 3.06. The van der Waals surface area contributed by atoms with Crippen molar-refractivity contribution in [2.75, 3.05) is 19.0 Å². The van der Waals surface area contributed by atoms with Crippen LogP contribution in [0.25, 0.3) is 11.1 Å². The lowest BCUT2D eigenvalue weighted by atomic mass is 9.70. The number of halogens is 1. The number of carbonyl (C=O) groups is 1. The summed E-state index contributed by atoms with van der Waals surface area (Å²) in [5, 5.41) is 7.29. The van der Waals surface area contributed by atoms with Crippen molar-refractivity contribution in [2.45, 2.75) is 18.4 Å². The van der Waals surface area contributed by atoms with E-state index in [4.69, 9.17) is 10.5 Å². The van der Waals surface area contributed by atoms with E-state index in [1.54, 1.807) is 18.0 Å². The van der Waals surface area contributed by atoms with Gasteiger partial charge in [0.25, 0.3) is 0 Å². The van der Waals surface area contributed by atoms with Crippen LogP contribution >= 0.6 is 15.9 Å². The first-order valence-corrected chi connectivity index (χ1v) is 8.61. The van der Waals surface area contributed by atoms with Crippen LogP contribution in [0.2, 0.25) is 0 Å². The predicted molar refractivity (Wildman–Crippen MR) is 96.5 cm³/mol. The molecule has 1 saturated carbocycles. The summed E-state index contributed by atoms with van der Waals surface area (Å²) in [5.41, 5.74) is 7.30. The molecule has 1 aliphatic rings. The zero-order valence-electron chi connectivity index (χ0n) is 13.8. The molecule has 3 N–H and O–H groups in total. The highest BCUT2D eigenvalue weighted by Crippen LogP contribution is 2.40. The molecule has 128 valence electrons. The fourth-order valence-electron chi connectivity index (χ4n) is 3.09. The number of hydrogen-bond donors (Lipinski definition) is 2. The molecule has 6 nitrogen and oxygen atoms in total. The van der Waals surface area contributed by atoms with Gasteiger partial charge in [-0.25, -0.2) is 0 Å². The van der Waals surface area contributed by atoms with Crippen molar-refractivity contribution in [3.05, 3.63) is 34.9 Å². The van der Waals surface area contributed by atoms with Crippen LogP contribution in [0, 0.1) is 5.92 Å². The molecule has 1 amide bonds. The van der Waals surface area contributed by atoms with Crippen LogP contribution in [0.4, 0.5) is 5.82 Å². The average Bonchev–Trinajstić information content (AvgIpc) is 2.89. The second kappa shape index (κ2) is 6.66. The summed E-state index contributed by atoms with van der Waals surface area (Å²) < 4.78 is 8.13. The summed E-state index contributed by atoms with van der Waals surface area (Å²) in [6.45, 7) is 0.434. The van der Waals surface area contributed by atoms with E-state index in [2.05, 4.69) is 26.3 Å². The van der Waals surface area contributed by atoms with Crippen molar-refractivity contribution in [3.63, 3.8) is 0 Å². The van der Waals surface area contributed by atoms with Crippen molar-refractivity contribution in [2.24, 2.45) is 18.7 Å². The number of nitrogens with one attached hydrogen (secondary N) is 1. The smallest absolute Gasteiger partial charge is 0.228 e. The Morgan fingerprint density at radius 2 is 2.12 bits per heavy atom. The molecule has 0 unspecified atom stereocenters. The van der Waals surface area contributed by atoms with Gasteiger partial charge in [0.1, 0.15) is 5.82 Å². The van der Waals surface area contributed by atoms with Crippen LogP contribution in [0.5, 0.6) is 0 Å². The fraction of sp³-hybridized carbons (Fsp3) is 0.412. The number of nitrogens with two attached hydrogens (primary N) is 1.